The molecule has 118 valence electrons. The largest absolute Gasteiger partial charge is 0.435 e. The van der Waals surface area contributed by atoms with Gasteiger partial charge in [0.1, 0.15) is 11.5 Å². The summed E-state index contributed by atoms with van der Waals surface area (Å²) in [6.07, 6.45) is 2.28. The van der Waals surface area contributed by atoms with Crippen molar-refractivity contribution in [1.29, 1.82) is 0 Å². The molecular formula is C14H17F4NO2. The van der Waals surface area contributed by atoms with Gasteiger partial charge in [-0.15, -0.1) is 0 Å². The zero-order chi connectivity index (χ0) is 15.5. The van der Waals surface area contributed by atoms with Crippen LogP contribution in [0.25, 0.3) is 0 Å². The SMILES string of the molecule is CC1(CNCc2ccc(OC(F)F)cc2OC(F)F)CC1. The summed E-state index contributed by atoms with van der Waals surface area (Å²) in [5, 5.41) is 3.16. The molecule has 0 heterocycles. The first-order valence-electron chi connectivity index (χ1n) is 6.61. The van der Waals surface area contributed by atoms with Crippen molar-refractivity contribution in [2.45, 2.75) is 39.5 Å². The van der Waals surface area contributed by atoms with E-state index in [1.807, 2.05) is 0 Å². The molecule has 1 N–H and O–H groups in total. The molecule has 21 heavy (non-hydrogen) atoms. The summed E-state index contributed by atoms with van der Waals surface area (Å²) >= 11 is 0. The molecule has 1 aliphatic carbocycles. The Morgan fingerprint density at radius 2 is 1.81 bits per heavy atom. The molecule has 1 aromatic rings. The minimum atomic E-state index is -3.02. The molecule has 0 atom stereocenters. The molecule has 1 aliphatic rings. The smallest absolute Gasteiger partial charge is 0.387 e. The standard InChI is InChI=1S/C14H17F4NO2/c1-14(4-5-14)8-19-7-9-2-3-10(20-12(15)16)6-11(9)21-13(17)18/h2-3,6,12-13,19H,4-5,7-8H2,1H3. The van der Waals surface area contributed by atoms with Crippen LogP contribution in [-0.4, -0.2) is 19.8 Å². The first kappa shape index (κ1) is 15.9. The van der Waals surface area contributed by atoms with Gasteiger partial charge in [0, 0.05) is 24.7 Å². The lowest BCUT2D eigenvalue weighted by Crippen LogP contribution is -2.22. The zero-order valence-corrected chi connectivity index (χ0v) is 11.5. The van der Waals surface area contributed by atoms with Crippen LogP contribution in [0.5, 0.6) is 11.5 Å². The highest BCUT2D eigenvalue weighted by molar-refractivity contribution is 5.40. The number of nitrogens with one attached hydrogen (secondary N) is 1. The fourth-order valence-corrected chi connectivity index (χ4v) is 1.95. The van der Waals surface area contributed by atoms with Crippen molar-refractivity contribution >= 4 is 0 Å². The summed E-state index contributed by atoms with van der Waals surface area (Å²) < 4.78 is 57.6. The third kappa shape index (κ3) is 5.08. The van der Waals surface area contributed by atoms with Gasteiger partial charge in [0.05, 0.1) is 0 Å². The van der Waals surface area contributed by atoms with Crippen LogP contribution in [-0.2, 0) is 6.54 Å². The van der Waals surface area contributed by atoms with Crippen molar-refractivity contribution < 1.29 is 27.0 Å². The summed E-state index contributed by atoms with van der Waals surface area (Å²) in [5.41, 5.74) is 0.754. The van der Waals surface area contributed by atoms with E-state index in [1.54, 1.807) is 0 Å². The molecule has 1 saturated carbocycles. The number of benzene rings is 1. The van der Waals surface area contributed by atoms with E-state index >= 15 is 0 Å². The van der Waals surface area contributed by atoms with E-state index in [-0.39, 0.29) is 16.9 Å². The second-order valence-corrected chi connectivity index (χ2v) is 5.44. The summed E-state index contributed by atoms with van der Waals surface area (Å²) in [6, 6.07) is 3.80. The first-order chi connectivity index (χ1) is 9.88. The second-order valence-electron chi connectivity index (χ2n) is 5.44. The number of ether oxygens (including phenoxy) is 2. The lowest BCUT2D eigenvalue weighted by Gasteiger charge is -2.15. The van der Waals surface area contributed by atoms with Gasteiger partial charge in [-0.1, -0.05) is 13.0 Å². The molecule has 3 nitrogen and oxygen atoms in total. The molecule has 0 unspecified atom stereocenters. The van der Waals surface area contributed by atoms with Crippen LogP contribution < -0.4 is 14.8 Å². The van der Waals surface area contributed by atoms with Crippen LogP contribution in [0.15, 0.2) is 18.2 Å². The van der Waals surface area contributed by atoms with Crippen LogP contribution in [0.1, 0.15) is 25.3 Å². The quantitative estimate of drug-likeness (QED) is 0.741. The highest BCUT2D eigenvalue weighted by Gasteiger charge is 2.36. The minimum Gasteiger partial charge on any atom is -0.435 e. The van der Waals surface area contributed by atoms with Gasteiger partial charge in [-0.05, 0) is 24.3 Å². The van der Waals surface area contributed by atoms with Gasteiger partial charge in [-0.3, -0.25) is 0 Å². The maximum Gasteiger partial charge on any atom is 0.387 e. The molecule has 0 radical (unpaired) electrons. The third-order valence-electron chi connectivity index (χ3n) is 3.45. The van der Waals surface area contributed by atoms with Crippen molar-refractivity contribution in [2.75, 3.05) is 6.54 Å². The van der Waals surface area contributed by atoms with Gasteiger partial charge in [0.2, 0.25) is 0 Å². The van der Waals surface area contributed by atoms with Crippen LogP contribution in [0.4, 0.5) is 17.6 Å². The summed E-state index contributed by atoms with van der Waals surface area (Å²) in [5.74, 6) is -0.366. The number of alkyl halides is 4. The van der Waals surface area contributed by atoms with Crippen molar-refractivity contribution in [1.82, 2.24) is 5.32 Å². The fraction of sp³-hybridized carbons (Fsp3) is 0.571. The number of rotatable bonds is 8. The molecule has 1 aromatic carbocycles. The first-order valence-corrected chi connectivity index (χ1v) is 6.61. The predicted molar refractivity (Wildman–Crippen MR) is 68.8 cm³/mol. The topological polar surface area (TPSA) is 30.5 Å². The van der Waals surface area contributed by atoms with Crippen LogP contribution in [0.2, 0.25) is 0 Å². The van der Waals surface area contributed by atoms with E-state index in [4.69, 9.17) is 0 Å². The molecule has 2 rings (SSSR count). The van der Waals surface area contributed by atoms with E-state index < -0.39 is 13.2 Å². The molecule has 0 saturated heterocycles. The van der Waals surface area contributed by atoms with Crippen molar-refractivity contribution in [3.8, 4) is 11.5 Å². The fourth-order valence-electron chi connectivity index (χ4n) is 1.95. The number of hydrogen-bond acceptors (Lipinski definition) is 3. The highest BCUT2D eigenvalue weighted by Crippen LogP contribution is 2.44. The van der Waals surface area contributed by atoms with Crippen LogP contribution >= 0.6 is 0 Å². The van der Waals surface area contributed by atoms with Gasteiger partial charge >= 0.3 is 13.2 Å². The molecule has 0 bridgehead atoms. The maximum atomic E-state index is 12.4. The molecule has 0 aromatic heterocycles. The molecule has 1 fully saturated rings. The Kier molecular flexibility index (Phi) is 4.92. The Bertz CT molecular complexity index is 478. The van der Waals surface area contributed by atoms with E-state index in [1.165, 1.54) is 12.1 Å². The Morgan fingerprint density at radius 3 is 2.38 bits per heavy atom. The van der Waals surface area contributed by atoms with Gasteiger partial charge in [0.25, 0.3) is 0 Å². The zero-order valence-electron chi connectivity index (χ0n) is 11.5. The van der Waals surface area contributed by atoms with E-state index in [9.17, 15) is 17.6 Å². The van der Waals surface area contributed by atoms with Crippen molar-refractivity contribution in [3.63, 3.8) is 0 Å². The lowest BCUT2D eigenvalue weighted by molar-refractivity contribution is -0.0547. The average molecular weight is 307 g/mol. The summed E-state index contributed by atoms with van der Waals surface area (Å²) in [4.78, 5) is 0. The Hall–Kier alpha value is -1.50. The maximum absolute atomic E-state index is 12.4. The van der Waals surface area contributed by atoms with Crippen molar-refractivity contribution in [2.24, 2.45) is 5.41 Å². The van der Waals surface area contributed by atoms with Gasteiger partial charge in [-0.2, -0.15) is 17.6 Å². The monoisotopic (exact) mass is 307 g/mol. The summed E-state index contributed by atoms with van der Waals surface area (Å²) in [7, 11) is 0. The van der Waals surface area contributed by atoms with Gasteiger partial charge in [0.15, 0.2) is 0 Å². The Balaban J connectivity index is 2.02. The molecular weight excluding hydrogens is 290 g/mol. The van der Waals surface area contributed by atoms with E-state index in [2.05, 4.69) is 21.7 Å². The van der Waals surface area contributed by atoms with Crippen molar-refractivity contribution in [3.05, 3.63) is 23.8 Å². The molecule has 0 aliphatic heterocycles. The Morgan fingerprint density at radius 1 is 1.14 bits per heavy atom. The molecule has 0 amide bonds. The van der Waals surface area contributed by atoms with Crippen LogP contribution in [0, 0.1) is 5.41 Å². The molecule has 7 heteroatoms. The Labute approximate surface area is 120 Å². The minimum absolute atomic E-state index is 0.156. The predicted octanol–water partition coefficient (Wildman–Crippen LogP) is 3.78. The number of halogens is 4. The van der Waals surface area contributed by atoms with E-state index in [0.29, 0.717) is 12.1 Å². The molecule has 0 spiro atoms. The highest BCUT2D eigenvalue weighted by atomic mass is 19.3. The van der Waals surface area contributed by atoms with Gasteiger partial charge in [-0.25, -0.2) is 0 Å². The lowest BCUT2D eigenvalue weighted by atomic mass is 10.1. The number of hydrogen-bond donors (Lipinski definition) is 1. The van der Waals surface area contributed by atoms with Gasteiger partial charge < -0.3 is 14.8 Å². The van der Waals surface area contributed by atoms with Crippen LogP contribution in [0.3, 0.4) is 0 Å². The van der Waals surface area contributed by atoms with E-state index in [0.717, 1.165) is 25.5 Å². The average Bonchev–Trinajstić information content (AvgIpc) is 3.09. The normalized spacial score (nSPS) is 16.3. The second kappa shape index (κ2) is 6.51. The summed E-state index contributed by atoms with van der Waals surface area (Å²) in [6.45, 7) is -2.80. The third-order valence-corrected chi connectivity index (χ3v) is 3.45.